The number of hydrogen-bond donors (Lipinski definition) is 3. The molecule has 12 heteroatoms. The molecule has 1 aromatic carbocycles. The van der Waals surface area contributed by atoms with Crippen LogP contribution in [0.2, 0.25) is 0 Å². The number of carbonyl (C=O) groups is 1. The van der Waals surface area contributed by atoms with Crippen molar-refractivity contribution in [2.45, 2.75) is 75.1 Å². The van der Waals surface area contributed by atoms with E-state index in [9.17, 15) is 31.5 Å². The SMILES string of the molecule is CC(CC(=O)O)c1cc(C(F)(F)F)cc(S(=O)(=O)N(C)C[C@H](O)CNC(C)(C)CCCc2cccs2)c1. The number of sulfonamides is 1. The molecule has 2 rings (SSSR count). The fourth-order valence-corrected chi connectivity index (χ4v) is 5.92. The van der Waals surface area contributed by atoms with Crippen molar-refractivity contribution in [1.29, 1.82) is 0 Å². The molecule has 0 bridgehead atoms. The quantitative estimate of drug-likeness (QED) is 0.307. The number of likely N-dealkylation sites (N-methyl/N-ethyl adjacent to an activating group) is 1. The topological polar surface area (TPSA) is 107 Å². The minimum atomic E-state index is -4.82. The van der Waals surface area contributed by atoms with Crippen LogP contribution in [-0.4, -0.2) is 60.7 Å². The van der Waals surface area contributed by atoms with Crippen LogP contribution in [0.4, 0.5) is 13.2 Å². The Hall–Kier alpha value is -1.99. The van der Waals surface area contributed by atoms with Crippen LogP contribution in [0.3, 0.4) is 0 Å². The van der Waals surface area contributed by atoms with Gasteiger partial charge in [0.05, 0.1) is 23.0 Å². The number of aliphatic carboxylic acids is 1. The van der Waals surface area contributed by atoms with Crippen LogP contribution in [-0.2, 0) is 27.4 Å². The summed E-state index contributed by atoms with van der Waals surface area (Å²) in [6.45, 7) is 5.14. The van der Waals surface area contributed by atoms with E-state index in [0.717, 1.165) is 35.7 Å². The molecule has 1 heterocycles. The second-order valence-corrected chi connectivity index (χ2v) is 13.0. The van der Waals surface area contributed by atoms with E-state index in [1.807, 2.05) is 25.3 Å². The first-order valence-electron chi connectivity index (χ1n) is 11.9. The zero-order valence-electron chi connectivity index (χ0n) is 21.4. The van der Waals surface area contributed by atoms with E-state index in [1.54, 1.807) is 11.3 Å². The molecular formula is C25H35F3N2O5S2. The molecule has 0 saturated heterocycles. The molecule has 1 aromatic heterocycles. The molecule has 0 amide bonds. The third-order valence-electron chi connectivity index (χ3n) is 6.10. The molecule has 0 spiro atoms. The smallest absolute Gasteiger partial charge is 0.416 e. The monoisotopic (exact) mass is 564 g/mol. The van der Waals surface area contributed by atoms with E-state index in [4.69, 9.17) is 5.11 Å². The van der Waals surface area contributed by atoms with Crippen molar-refractivity contribution >= 4 is 27.3 Å². The Morgan fingerprint density at radius 1 is 1.22 bits per heavy atom. The van der Waals surface area contributed by atoms with Gasteiger partial charge in [0.1, 0.15) is 0 Å². The highest BCUT2D eigenvalue weighted by Crippen LogP contribution is 2.34. The van der Waals surface area contributed by atoms with Gasteiger partial charge in [0.15, 0.2) is 0 Å². The number of rotatable bonds is 14. The van der Waals surface area contributed by atoms with Crippen molar-refractivity contribution in [3.63, 3.8) is 0 Å². The summed E-state index contributed by atoms with van der Waals surface area (Å²) in [6.07, 6.45) is -3.68. The first kappa shape index (κ1) is 31.2. The van der Waals surface area contributed by atoms with Crippen LogP contribution < -0.4 is 5.32 Å². The summed E-state index contributed by atoms with van der Waals surface area (Å²) in [5, 5.41) is 24.7. The average molecular weight is 565 g/mol. The third kappa shape index (κ3) is 9.68. The maximum Gasteiger partial charge on any atom is 0.416 e. The van der Waals surface area contributed by atoms with E-state index < -0.39 is 51.1 Å². The van der Waals surface area contributed by atoms with Gasteiger partial charge in [-0.05, 0) is 74.2 Å². The van der Waals surface area contributed by atoms with Crippen molar-refractivity contribution in [2.24, 2.45) is 0 Å². The maximum absolute atomic E-state index is 13.5. The highest BCUT2D eigenvalue weighted by Gasteiger charge is 2.34. The van der Waals surface area contributed by atoms with Gasteiger partial charge in [-0.15, -0.1) is 11.3 Å². The summed E-state index contributed by atoms with van der Waals surface area (Å²) in [6, 6.07) is 6.44. The Bertz CT molecular complexity index is 1140. The maximum atomic E-state index is 13.5. The predicted molar refractivity (Wildman–Crippen MR) is 137 cm³/mol. The molecule has 3 N–H and O–H groups in total. The van der Waals surface area contributed by atoms with E-state index >= 15 is 0 Å². The summed E-state index contributed by atoms with van der Waals surface area (Å²) < 4.78 is 67.5. The molecule has 7 nitrogen and oxygen atoms in total. The lowest BCUT2D eigenvalue weighted by molar-refractivity contribution is -0.138. The number of hydrogen-bond acceptors (Lipinski definition) is 6. The molecule has 0 aliphatic carbocycles. The van der Waals surface area contributed by atoms with Gasteiger partial charge in [-0.1, -0.05) is 13.0 Å². The molecule has 1 unspecified atom stereocenters. The van der Waals surface area contributed by atoms with Gasteiger partial charge >= 0.3 is 12.1 Å². The number of halogens is 3. The number of alkyl halides is 3. The molecule has 0 aliphatic heterocycles. The van der Waals surface area contributed by atoms with Crippen LogP contribution in [0.1, 0.15) is 62.0 Å². The minimum absolute atomic E-state index is 0.0456. The zero-order chi connectivity index (χ0) is 28.0. The lowest BCUT2D eigenvalue weighted by Crippen LogP contribution is -2.46. The van der Waals surface area contributed by atoms with Crippen LogP contribution in [0.15, 0.2) is 40.6 Å². The Labute approximate surface area is 220 Å². The Kier molecular flexibility index (Phi) is 10.7. The number of benzene rings is 1. The first-order chi connectivity index (χ1) is 17.0. The fraction of sp³-hybridized carbons (Fsp3) is 0.560. The van der Waals surface area contributed by atoms with Crippen molar-refractivity contribution in [1.82, 2.24) is 9.62 Å². The average Bonchev–Trinajstić information content (AvgIpc) is 3.29. The van der Waals surface area contributed by atoms with E-state index in [-0.39, 0.29) is 24.2 Å². The Balaban J connectivity index is 2.07. The van der Waals surface area contributed by atoms with Gasteiger partial charge in [-0.25, -0.2) is 8.42 Å². The van der Waals surface area contributed by atoms with Crippen molar-refractivity contribution < 1.29 is 36.6 Å². The van der Waals surface area contributed by atoms with Crippen LogP contribution in [0, 0.1) is 0 Å². The van der Waals surface area contributed by atoms with Gasteiger partial charge in [0.25, 0.3) is 0 Å². The number of thiophene rings is 1. The lowest BCUT2D eigenvalue weighted by Gasteiger charge is -2.29. The molecule has 0 saturated carbocycles. The molecule has 0 radical (unpaired) electrons. The van der Waals surface area contributed by atoms with Gasteiger partial charge in [0.2, 0.25) is 10.0 Å². The lowest BCUT2D eigenvalue weighted by atomic mass is 9.96. The number of carboxylic acids is 1. The van der Waals surface area contributed by atoms with Crippen LogP contribution in [0.5, 0.6) is 0 Å². The predicted octanol–water partition coefficient (Wildman–Crippen LogP) is 4.72. The molecule has 0 aliphatic rings. The second-order valence-electron chi connectivity index (χ2n) is 9.92. The van der Waals surface area contributed by atoms with Gasteiger partial charge in [0, 0.05) is 30.6 Å². The molecule has 208 valence electrons. The highest BCUT2D eigenvalue weighted by molar-refractivity contribution is 7.89. The molecule has 2 atom stereocenters. The molecule has 0 fully saturated rings. The van der Waals surface area contributed by atoms with Crippen molar-refractivity contribution in [2.75, 3.05) is 20.1 Å². The summed E-state index contributed by atoms with van der Waals surface area (Å²) >= 11 is 1.69. The number of nitrogens with one attached hydrogen (secondary N) is 1. The van der Waals surface area contributed by atoms with Gasteiger partial charge in [-0.3, -0.25) is 4.79 Å². The summed E-state index contributed by atoms with van der Waals surface area (Å²) in [5.41, 5.74) is -1.54. The summed E-state index contributed by atoms with van der Waals surface area (Å²) in [5.74, 6) is -2.05. The van der Waals surface area contributed by atoms with Gasteiger partial charge < -0.3 is 15.5 Å². The number of aliphatic hydroxyl groups is 1. The standard InChI is InChI=1S/C25H35F3N2O5S2/c1-17(11-23(32)33)18-12-19(25(26,27)28)14-22(13-18)37(34,35)30(4)16-20(31)15-29-24(2,3)9-5-7-21-8-6-10-36-21/h6,8,10,12-14,17,20,29,31H,5,7,9,11,15-16H2,1-4H3,(H,32,33)/t17?,20-/m1/s1. The number of β-amino-alcohol motifs (C(OH)–C–C–N with tert-alkyl or cyclic N) is 1. The van der Waals surface area contributed by atoms with E-state index in [1.165, 1.54) is 18.8 Å². The van der Waals surface area contributed by atoms with Crippen molar-refractivity contribution in [3.05, 3.63) is 51.7 Å². The number of aliphatic hydroxyl groups excluding tert-OH is 1. The largest absolute Gasteiger partial charge is 0.481 e. The fourth-order valence-electron chi connectivity index (χ4n) is 3.88. The summed E-state index contributed by atoms with van der Waals surface area (Å²) in [4.78, 5) is 11.7. The normalized spacial score (nSPS) is 14.6. The molecule has 2 aromatic rings. The number of nitrogens with zero attached hydrogens (tertiary/aromatic N) is 1. The van der Waals surface area contributed by atoms with Crippen LogP contribution >= 0.6 is 11.3 Å². The van der Waals surface area contributed by atoms with E-state index in [0.29, 0.717) is 6.07 Å². The first-order valence-corrected chi connectivity index (χ1v) is 14.2. The van der Waals surface area contributed by atoms with E-state index in [2.05, 4.69) is 11.4 Å². The minimum Gasteiger partial charge on any atom is -0.481 e. The number of aryl methyl sites for hydroxylation is 1. The Morgan fingerprint density at radius 3 is 2.46 bits per heavy atom. The third-order valence-corrected chi connectivity index (χ3v) is 8.84. The molecular weight excluding hydrogens is 529 g/mol. The zero-order valence-corrected chi connectivity index (χ0v) is 23.0. The highest BCUT2D eigenvalue weighted by atomic mass is 32.2. The van der Waals surface area contributed by atoms with Crippen LogP contribution in [0.25, 0.3) is 0 Å². The second kappa shape index (κ2) is 12.7. The summed E-state index contributed by atoms with van der Waals surface area (Å²) in [7, 11) is -3.21. The van der Waals surface area contributed by atoms with Gasteiger partial charge in [-0.2, -0.15) is 17.5 Å². The van der Waals surface area contributed by atoms with Crippen molar-refractivity contribution in [3.8, 4) is 0 Å². The number of carboxylic acid groups (broad SMARTS) is 1. The molecule has 37 heavy (non-hydrogen) atoms. The Morgan fingerprint density at radius 2 is 1.89 bits per heavy atom.